The summed E-state index contributed by atoms with van der Waals surface area (Å²) in [5.74, 6) is 0.568. The second-order valence-electron chi connectivity index (χ2n) is 4.65. The summed E-state index contributed by atoms with van der Waals surface area (Å²) in [6, 6.07) is 4.30. The fourth-order valence-corrected chi connectivity index (χ4v) is 3.49. The number of thioether (sulfide) groups is 1. The number of carboxylic acids is 1. The van der Waals surface area contributed by atoms with E-state index in [1.807, 2.05) is 0 Å². The Morgan fingerprint density at radius 3 is 2.95 bits per heavy atom. The molecule has 114 valence electrons. The van der Waals surface area contributed by atoms with E-state index in [4.69, 9.17) is 16.3 Å². The Bertz CT molecular complexity index is 552. The lowest BCUT2D eigenvalue weighted by Gasteiger charge is -2.32. The second kappa shape index (κ2) is 7.04. The normalized spacial score (nSPS) is 18.4. The molecular weight excluding hydrogens is 314 g/mol. The van der Waals surface area contributed by atoms with Crippen molar-refractivity contribution in [1.29, 1.82) is 0 Å². The zero-order valence-electron chi connectivity index (χ0n) is 11.5. The Hall–Kier alpha value is -1.40. The second-order valence-corrected chi connectivity index (χ2v) is 6.24. The van der Waals surface area contributed by atoms with Crippen molar-refractivity contribution >= 4 is 35.2 Å². The Labute approximate surface area is 132 Å². The fourth-order valence-electron chi connectivity index (χ4n) is 2.26. The highest BCUT2D eigenvalue weighted by Gasteiger charge is 2.32. The molecule has 5 nitrogen and oxygen atoms in total. The van der Waals surface area contributed by atoms with Crippen LogP contribution in [-0.2, 0) is 16.0 Å². The van der Waals surface area contributed by atoms with Crippen LogP contribution in [0.4, 0.5) is 0 Å². The van der Waals surface area contributed by atoms with Crippen LogP contribution in [-0.4, -0.2) is 53.1 Å². The SMILES string of the molecule is COc1ccc(Cl)cc1CC(=O)N1CCSCC1C(=O)O. The van der Waals surface area contributed by atoms with Crippen LogP contribution in [0.5, 0.6) is 5.75 Å². The summed E-state index contributed by atoms with van der Waals surface area (Å²) in [7, 11) is 1.52. The Morgan fingerprint density at radius 1 is 1.52 bits per heavy atom. The van der Waals surface area contributed by atoms with Gasteiger partial charge in [-0.25, -0.2) is 4.79 Å². The first-order valence-electron chi connectivity index (χ1n) is 6.45. The minimum Gasteiger partial charge on any atom is -0.496 e. The van der Waals surface area contributed by atoms with Crippen LogP contribution in [0, 0.1) is 0 Å². The third kappa shape index (κ3) is 3.83. The number of nitrogens with zero attached hydrogens (tertiary/aromatic N) is 1. The molecule has 0 spiro atoms. The summed E-state index contributed by atoms with van der Waals surface area (Å²) in [5, 5.41) is 9.73. The standard InChI is InChI=1S/C14H16ClNO4S/c1-20-12-3-2-10(15)6-9(12)7-13(17)16-4-5-21-8-11(16)14(18)19/h2-3,6,11H,4-5,7-8H2,1H3,(H,18,19). The van der Waals surface area contributed by atoms with Crippen LogP contribution in [0.25, 0.3) is 0 Å². The van der Waals surface area contributed by atoms with Gasteiger partial charge in [-0.15, -0.1) is 0 Å². The third-order valence-electron chi connectivity index (χ3n) is 3.32. The fraction of sp³-hybridized carbons (Fsp3) is 0.429. The average Bonchev–Trinajstić information content (AvgIpc) is 2.47. The van der Waals surface area contributed by atoms with Gasteiger partial charge in [0, 0.05) is 28.6 Å². The molecular formula is C14H16ClNO4S. The van der Waals surface area contributed by atoms with Crippen LogP contribution in [0.1, 0.15) is 5.56 Å². The number of hydrogen-bond donors (Lipinski definition) is 1. The summed E-state index contributed by atoms with van der Waals surface area (Å²) in [6.07, 6.45) is 0.0815. The summed E-state index contributed by atoms with van der Waals surface area (Å²) < 4.78 is 5.21. The zero-order valence-corrected chi connectivity index (χ0v) is 13.1. The highest BCUT2D eigenvalue weighted by molar-refractivity contribution is 7.99. The number of rotatable bonds is 4. The molecule has 1 N–H and O–H groups in total. The zero-order chi connectivity index (χ0) is 15.4. The van der Waals surface area contributed by atoms with Crippen LogP contribution in [0.3, 0.4) is 0 Å². The van der Waals surface area contributed by atoms with Crippen LogP contribution < -0.4 is 4.74 Å². The molecule has 0 radical (unpaired) electrons. The van der Waals surface area contributed by atoms with Gasteiger partial charge in [-0.2, -0.15) is 11.8 Å². The predicted molar refractivity (Wildman–Crippen MR) is 82.2 cm³/mol. The lowest BCUT2D eigenvalue weighted by atomic mass is 10.1. The molecule has 2 rings (SSSR count). The quantitative estimate of drug-likeness (QED) is 0.914. The summed E-state index contributed by atoms with van der Waals surface area (Å²) in [4.78, 5) is 25.1. The van der Waals surface area contributed by atoms with E-state index in [2.05, 4.69) is 0 Å². The van der Waals surface area contributed by atoms with E-state index >= 15 is 0 Å². The molecule has 1 saturated heterocycles. The molecule has 1 aliphatic heterocycles. The number of carboxylic acid groups (broad SMARTS) is 1. The number of aliphatic carboxylic acids is 1. The maximum absolute atomic E-state index is 12.4. The van der Waals surface area contributed by atoms with Crippen molar-refractivity contribution in [2.24, 2.45) is 0 Å². The first-order valence-corrected chi connectivity index (χ1v) is 7.98. The monoisotopic (exact) mass is 329 g/mol. The molecule has 0 aromatic heterocycles. The minimum atomic E-state index is -0.964. The molecule has 21 heavy (non-hydrogen) atoms. The molecule has 1 heterocycles. The Balaban J connectivity index is 2.16. The largest absolute Gasteiger partial charge is 0.496 e. The number of halogens is 1. The molecule has 1 amide bonds. The van der Waals surface area contributed by atoms with Gasteiger partial charge >= 0.3 is 5.97 Å². The highest BCUT2D eigenvalue weighted by atomic mass is 35.5. The first-order chi connectivity index (χ1) is 10.0. The maximum atomic E-state index is 12.4. The van der Waals surface area contributed by atoms with Gasteiger partial charge < -0.3 is 14.7 Å². The van der Waals surface area contributed by atoms with Crippen molar-refractivity contribution in [2.75, 3.05) is 25.2 Å². The van der Waals surface area contributed by atoms with Crippen LogP contribution in [0.2, 0.25) is 5.02 Å². The molecule has 1 aromatic carbocycles. The molecule has 1 fully saturated rings. The number of amides is 1. The van der Waals surface area contributed by atoms with Gasteiger partial charge in [-0.1, -0.05) is 11.6 Å². The minimum absolute atomic E-state index is 0.0815. The van der Waals surface area contributed by atoms with Crippen molar-refractivity contribution in [3.8, 4) is 5.75 Å². The van der Waals surface area contributed by atoms with E-state index in [0.29, 0.717) is 28.6 Å². The molecule has 7 heteroatoms. The van der Waals surface area contributed by atoms with E-state index in [1.54, 1.807) is 30.0 Å². The van der Waals surface area contributed by atoms with Crippen molar-refractivity contribution < 1.29 is 19.4 Å². The number of benzene rings is 1. The topological polar surface area (TPSA) is 66.8 Å². The molecule has 1 unspecified atom stereocenters. The Morgan fingerprint density at radius 2 is 2.29 bits per heavy atom. The number of hydrogen-bond acceptors (Lipinski definition) is 4. The lowest BCUT2D eigenvalue weighted by Crippen LogP contribution is -2.50. The number of carbonyl (C=O) groups excluding carboxylic acids is 1. The molecule has 1 aliphatic rings. The number of carbonyl (C=O) groups is 2. The lowest BCUT2D eigenvalue weighted by molar-refractivity contribution is -0.149. The smallest absolute Gasteiger partial charge is 0.327 e. The third-order valence-corrected chi connectivity index (χ3v) is 4.58. The number of ether oxygens (including phenoxy) is 1. The van der Waals surface area contributed by atoms with Gasteiger partial charge in [0.1, 0.15) is 11.8 Å². The molecule has 0 saturated carbocycles. The van der Waals surface area contributed by atoms with Crippen LogP contribution >= 0.6 is 23.4 Å². The van der Waals surface area contributed by atoms with Crippen molar-refractivity contribution in [3.63, 3.8) is 0 Å². The molecule has 0 bridgehead atoms. The van der Waals surface area contributed by atoms with E-state index in [-0.39, 0.29) is 12.3 Å². The van der Waals surface area contributed by atoms with E-state index in [0.717, 1.165) is 5.75 Å². The van der Waals surface area contributed by atoms with Crippen molar-refractivity contribution in [1.82, 2.24) is 4.90 Å². The predicted octanol–water partition coefficient (Wildman–Crippen LogP) is 1.92. The van der Waals surface area contributed by atoms with E-state index in [1.165, 1.54) is 12.0 Å². The molecule has 1 atom stereocenters. The summed E-state index contributed by atoms with van der Waals surface area (Å²) >= 11 is 7.49. The van der Waals surface area contributed by atoms with Gasteiger partial charge in [0.25, 0.3) is 0 Å². The summed E-state index contributed by atoms with van der Waals surface area (Å²) in [5.41, 5.74) is 0.664. The van der Waals surface area contributed by atoms with Gasteiger partial charge in [0.2, 0.25) is 5.91 Å². The van der Waals surface area contributed by atoms with Gasteiger partial charge in [-0.3, -0.25) is 4.79 Å². The van der Waals surface area contributed by atoms with Gasteiger partial charge in [0.15, 0.2) is 0 Å². The average molecular weight is 330 g/mol. The maximum Gasteiger partial charge on any atom is 0.327 e. The van der Waals surface area contributed by atoms with Crippen molar-refractivity contribution in [2.45, 2.75) is 12.5 Å². The molecule has 1 aromatic rings. The first kappa shape index (κ1) is 16.0. The Kier molecular flexibility index (Phi) is 5.36. The number of methoxy groups -OCH3 is 1. The van der Waals surface area contributed by atoms with Gasteiger partial charge in [-0.05, 0) is 18.2 Å². The molecule has 0 aliphatic carbocycles. The van der Waals surface area contributed by atoms with Crippen molar-refractivity contribution in [3.05, 3.63) is 28.8 Å². The van der Waals surface area contributed by atoms with E-state index < -0.39 is 12.0 Å². The van der Waals surface area contributed by atoms with Gasteiger partial charge in [0.05, 0.1) is 13.5 Å². The van der Waals surface area contributed by atoms with Crippen LogP contribution in [0.15, 0.2) is 18.2 Å². The highest BCUT2D eigenvalue weighted by Crippen LogP contribution is 2.25. The summed E-state index contributed by atoms with van der Waals surface area (Å²) in [6.45, 7) is 0.448. The van der Waals surface area contributed by atoms with E-state index in [9.17, 15) is 14.7 Å².